The van der Waals surface area contributed by atoms with Gasteiger partial charge in [0, 0.05) is 6.42 Å². The maximum Gasteiger partial charge on any atom is 0.262 e. The van der Waals surface area contributed by atoms with E-state index in [0.29, 0.717) is 18.1 Å². The van der Waals surface area contributed by atoms with Crippen molar-refractivity contribution < 1.29 is 23.0 Å². The fourth-order valence-electron chi connectivity index (χ4n) is 3.11. The molecule has 1 aliphatic heterocycles. The van der Waals surface area contributed by atoms with E-state index in [1.807, 2.05) is 36.4 Å². The summed E-state index contributed by atoms with van der Waals surface area (Å²) in [5.74, 6) is -2.15. The highest BCUT2D eigenvalue weighted by Crippen LogP contribution is 2.31. The van der Waals surface area contributed by atoms with E-state index >= 15 is 0 Å². The van der Waals surface area contributed by atoms with E-state index in [1.165, 1.54) is 0 Å². The summed E-state index contributed by atoms with van der Waals surface area (Å²) in [5.41, 5.74) is 1.83. The van der Waals surface area contributed by atoms with Crippen LogP contribution in [-0.4, -0.2) is 31.5 Å². The smallest absolute Gasteiger partial charge is 0.262 e. The van der Waals surface area contributed by atoms with Crippen molar-refractivity contribution in [3.63, 3.8) is 0 Å². The van der Waals surface area contributed by atoms with E-state index in [9.17, 15) is 13.6 Å². The summed E-state index contributed by atoms with van der Waals surface area (Å²) in [6.07, 6.45) is -0.485. The fraction of sp³-hybridized carbons (Fsp3) is 0.381. The van der Waals surface area contributed by atoms with Gasteiger partial charge in [-0.2, -0.15) is 0 Å². The SMILES string of the molecule is COc1cc(C(C)NC(=O)C2CC(F)(F)CN2)ccc1OCc1ccccc1.Cl. The van der Waals surface area contributed by atoms with Crippen molar-refractivity contribution in [1.82, 2.24) is 10.6 Å². The molecule has 0 aliphatic carbocycles. The third-order valence-electron chi connectivity index (χ3n) is 4.71. The van der Waals surface area contributed by atoms with Crippen LogP contribution in [0.25, 0.3) is 0 Å². The van der Waals surface area contributed by atoms with Gasteiger partial charge in [0.1, 0.15) is 6.61 Å². The lowest BCUT2D eigenvalue weighted by Gasteiger charge is -2.19. The second-order valence-corrected chi connectivity index (χ2v) is 6.91. The summed E-state index contributed by atoms with van der Waals surface area (Å²) in [7, 11) is 1.54. The minimum absolute atomic E-state index is 0. The number of ether oxygens (including phenoxy) is 2. The summed E-state index contributed by atoms with van der Waals surface area (Å²) in [5, 5.41) is 5.33. The Labute approximate surface area is 175 Å². The zero-order chi connectivity index (χ0) is 20.1. The van der Waals surface area contributed by atoms with Gasteiger partial charge in [-0.3, -0.25) is 10.1 Å². The van der Waals surface area contributed by atoms with E-state index in [2.05, 4.69) is 10.6 Å². The topological polar surface area (TPSA) is 59.6 Å². The predicted molar refractivity (Wildman–Crippen MR) is 109 cm³/mol. The second kappa shape index (κ2) is 9.89. The molecule has 1 saturated heterocycles. The van der Waals surface area contributed by atoms with Crippen LogP contribution in [0.5, 0.6) is 11.5 Å². The Hall–Kier alpha value is -2.38. The molecule has 2 N–H and O–H groups in total. The van der Waals surface area contributed by atoms with E-state index in [-0.39, 0.29) is 18.4 Å². The van der Waals surface area contributed by atoms with Crippen molar-refractivity contribution in [2.75, 3.05) is 13.7 Å². The van der Waals surface area contributed by atoms with Crippen LogP contribution in [-0.2, 0) is 11.4 Å². The van der Waals surface area contributed by atoms with E-state index in [0.717, 1.165) is 11.1 Å². The molecule has 29 heavy (non-hydrogen) atoms. The molecule has 5 nitrogen and oxygen atoms in total. The fourth-order valence-corrected chi connectivity index (χ4v) is 3.11. The van der Waals surface area contributed by atoms with Gasteiger partial charge < -0.3 is 14.8 Å². The van der Waals surface area contributed by atoms with Crippen LogP contribution in [0.2, 0.25) is 0 Å². The monoisotopic (exact) mass is 426 g/mol. The molecule has 0 spiro atoms. The molecule has 3 rings (SSSR count). The van der Waals surface area contributed by atoms with Crippen LogP contribution in [0.1, 0.15) is 30.5 Å². The molecule has 1 amide bonds. The normalized spacial score (nSPS) is 18.4. The van der Waals surface area contributed by atoms with Crippen LogP contribution in [0.4, 0.5) is 8.78 Å². The van der Waals surface area contributed by atoms with Crippen molar-refractivity contribution in [3.8, 4) is 11.5 Å². The Balaban J connectivity index is 0.00000300. The van der Waals surface area contributed by atoms with Crippen molar-refractivity contribution in [3.05, 3.63) is 59.7 Å². The van der Waals surface area contributed by atoms with Gasteiger partial charge in [-0.15, -0.1) is 12.4 Å². The highest BCUT2D eigenvalue weighted by atomic mass is 35.5. The maximum absolute atomic E-state index is 13.3. The first-order valence-electron chi connectivity index (χ1n) is 9.14. The standard InChI is InChI=1S/C21H24F2N2O3.ClH/c1-14(25-20(26)17-11-21(22,23)13-24-17)16-8-9-18(19(10-16)27-2)28-12-15-6-4-3-5-7-15;/h3-10,14,17,24H,11-13H2,1-2H3,(H,25,26);1H. The second-order valence-electron chi connectivity index (χ2n) is 6.91. The zero-order valence-corrected chi connectivity index (χ0v) is 17.1. The van der Waals surface area contributed by atoms with Crippen molar-refractivity contribution in [1.29, 1.82) is 0 Å². The first-order valence-corrected chi connectivity index (χ1v) is 9.14. The van der Waals surface area contributed by atoms with Gasteiger partial charge >= 0.3 is 0 Å². The Morgan fingerprint density at radius 1 is 1.24 bits per heavy atom. The van der Waals surface area contributed by atoms with Crippen LogP contribution >= 0.6 is 12.4 Å². The molecule has 2 aromatic rings. The van der Waals surface area contributed by atoms with Gasteiger partial charge in [0.15, 0.2) is 11.5 Å². The number of hydrogen-bond donors (Lipinski definition) is 2. The quantitative estimate of drug-likeness (QED) is 0.705. The van der Waals surface area contributed by atoms with Crippen LogP contribution in [0.15, 0.2) is 48.5 Å². The highest BCUT2D eigenvalue weighted by Gasteiger charge is 2.42. The lowest BCUT2D eigenvalue weighted by Crippen LogP contribution is -2.41. The maximum atomic E-state index is 13.3. The molecule has 0 aromatic heterocycles. The number of alkyl halides is 2. The number of methoxy groups -OCH3 is 1. The minimum atomic E-state index is -2.84. The molecule has 1 heterocycles. The van der Waals surface area contributed by atoms with Gasteiger partial charge in [-0.25, -0.2) is 8.78 Å². The van der Waals surface area contributed by atoms with Gasteiger partial charge in [-0.05, 0) is 30.2 Å². The molecule has 2 aromatic carbocycles. The Morgan fingerprint density at radius 3 is 2.59 bits per heavy atom. The van der Waals surface area contributed by atoms with Gasteiger partial charge in [0.2, 0.25) is 5.91 Å². The molecule has 0 radical (unpaired) electrons. The molecule has 158 valence electrons. The number of amides is 1. The summed E-state index contributed by atoms with van der Waals surface area (Å²) < 4.78 is 37.8. The lowest BCUT2D eigenvalue weighted by molar-refractivity contribution is -0.124. The molecule has 2 unspecified atom stereocenters. The summed E-state index contributed by atoms with van der Waals surface area (Å²) in [6.45, 7) is 1.73. The van der Waals surface area contributed by atoms with Crippen LogP contribution in [0.3, 0.4) is 0 Å². The number of hydrogen-bond acceptors (Lipinski definition) is 4. The largest absolute Gasteiger partial charge is 0.493 e. The van der Waals surface area contributed by atoms with Crippen molar-refractivity contribution >= 4 is 18.3 Å². The van der Waals surface area contributed by atoms with Gasteiger partial charge in [-0.1, -0.05) is 36.4 Å². The number of carbonyl (C=O) groups excluding carboxylic acids is 1. The number of rotatable bonds is 7. The average Bonchev–Trinajstić information content (AvgIpc) is 3.07. The van der Waals surface area contributed by atoms with Gasteiger partial charge in [0.05, 0.1) is 25.7 Å². The number of halogens is 3. The summed E-state index contributed by atoms with van der Waals surface area (Å²) >= 11 is 0. The number of benzene rings is 2. The summed E-state index contributed by atoms with van der Waals surface area (Å²) in [4.78, 5) is 12.2. The molecule has 1 aliphatic rings. The lowest BCUT2D eigenvalue weighted by atomic mass is 10.1. The molecular formula is C21H25ClF2N2O3. The molecule has 8 heteroatoms. The Morgan fingerprint density at radius 2 is 1.97 bits per heavy atom. The zero-order valence-electron chi connectivity index (χ0n) is 16.3. The Kier molecular flexibility index (Phi) is 7.81. The molecule has 1 fully saturated rings. The minimum Gasteiger partial charge on any atom is -0.493 e. The van der Waals surface area contributed by atoms with E-state index < -0.39 is 30.8 Å². The van der Waals surface area contributed by atoms with E-state index in [1.54, 1.807) is 26.2 Å². The molecule has 0 bridgehead atoms. The first-order chi connectivity index (χ1) is 13.4. The highest BCUT2D eigenvalue weighted by molar-refractivity contribution is 5.85. The first kappa shape index (κ1) is 22.9. The summed E-state index contributed by atoms with van der Waals surface area (Å²) in [6, 6.07) is 13.9. The van der Waals surface area contributed by atoms with Crippen LogP contribution in [0, 0.1) is 0 Å². The predicted octanol–water partition coefficient (Wildman–Crippen LogP) is 3.87. The third-order valence-corrected chi connectivity index (χ3v) is 4.71. The third kappa shape index (κ3) is 6.05. The van der Waals surface area contributed by atoms with Gasteiger partial charge in [0.25, 0.3) is 5.92 Å². The van der Waals surface area contributed by atoms with E-state index in [4.69, 9.17) is 9.47 Å². The Bertz CT molecular complexity index is 821. The average molecular weight is 427 g/mol. The number of carbonyl (C=O) groups is 1. The number of nitrogens with one attached hydrogen (secondary N) is 2. The van der Waals surface area contributed by atoms with Crippen molar-refractivity contribution in [2.45, 2.75) is 38.0 Å². The molecule has 0 saturated carbocycles. The van der Waals surface area contributed by atoms with Crippen molar-refractivity contribution in [2.24, 2.45) is 0 Å². The molecular weight excluding hydrogens is 402 g/mol. The molecule has 2 atom stereocenters. The van der Waals surface area contributed by atoms with Crippen LogP contribution < -0.4 is 20.1 Å².